The predicted octanol–water partition coefficient (Wildman–Crippen LogP) is 2.22. The summed E-state index contributed by atoms with van der Waals surface area (Å²) in [6.07, 6.45) is 0.709. The Hall–Kier alpha value is -1.68. The Labute approximate surface area is 132 Å². The van der Waals surface area contributed by atoms with Gasteiger partial charge in [0.25, 0.3) is 0 Å². The quantitative estimate of drug-likeness (QED) is 0.888. The molecule has 1 fully saturated rings. The average molecular weight is 296 g/mol. The van der Waals surface area contributed by atoms with Crippen LogP contribution in [0.3, 0.4) is 0 Å². The van der Waals surface area contributed by atoms with Crippen molar-refractivity contribution in [1.82, 2.24) is 10.2 Å². The molecule has 2 aromatic carbocycles. The van der Waals surface area contributed by atoms with Crippen LogP contribution in [0.5, 0.6) is 0 Å². The second-order valence-electron chi connectivity index (χ2n) is 5.80. The third-order valence-electron chi connectivity index (χ3n) is 4.63. The lowest BCUT2D eigenvalue weighted by Crippen LogP contribution is -2.55. The van der Waals surface area contributed by atoms with Crippen LogP contribution in [-0.4, -0.2) is 42.8 Å². The molecule has 116 valence electrons. The maximum Gasteiger partial charge on any atom is 0.0738 e. The zero-order chi connectivity index (χ0) is 15.3. The van der Waals surface area contributed by atoms with E-state index in [0.29, 0.717) is 6.42 Å². The van der Waals surface area contributed by atoms with E-state index in [1.165, 1.54) is 11.1 Å². The number of nitrogens with zero attached hydrogens (tertiary/aromatic N) is 1. The van der Waals surface area contributed by atoms with Crippen molar-refractivity contribution in [2.75, 3.05) is 32.8 Å². The Bertz CT molecular complexity index is 525. The number of hydrogen-bond acceptors (Lipinski definition) is 3. The first-order valence-electron chi connectivity index (χ1n) is 8.05. The SMILES string of the molecule is OCCC(c1ccccc1)(c1ccccc1)N1CCNCC1. The van der Waals surface area contributed by atoms with Crippen molar-refractivity contribution in [3.63, 3.8) is 0 Å². The van der Waals surface area contributed by atoms with Crippen molar-refractivity contribution in [2.45, 2.75) is 12.0 Å². The van der Waals surface area contributed by atoms with E-state index in [1.54, 1.807) is 0 Å². The van der Waals surface area contributed by atoms with Crippen LogP contribution in [0.25, 0.3) is 0 Å². The van der Waals surface area contributed by atoms with Crippen molar-refractivity contribution in [3.8, 4) is 0 Å². The maximum absolute atomic E-state index is 9.81. The number of hydrogen-bond donors (Lipinski definition) is 2. The third-order valence-corrected chi connectivity index (χ3v) is 4.63. The summed E-state index contributed by atoms with van der Waals surface area (Å²) in [7, 11) is 0. The minimum Gasteiger partial charge on any atom is -0.396 e. The predicted molar refractivity (Wildman–Crippen MR) is 89.8 cm³/mol. The van der Waals surface area contributed by atoms with E-state index in [-0.39, 0.29) is 12.1 Å². The van der Waals surface area contributed by atoms with Gasteiger partial charge in [-0.25, -0.2) is 0 Å². The molecule has 0 unspecified atom stereocenters. The van der Waals surface area contributed by atoms with Gasteiger partial charge in [0.15, 0.2) is 0 Å². The highest BCUT2D eigenvalue weighted by atomic mass is 16.3. The van der Waals surface area contributed by atoms with E-state index in [9.17, 15) is 5.11 Å². The van der Waals surface area contributed by atoms with Gasteiger partial charge in [0, 0.05) is 32.8 Å². The lowest BCUT2D eigenvalue weighted by molar-refractivity contribution is 0.0775. The second kappa shape index (κ2) is 7.05. The molecule has 0 bridgehead atoms. The minimum absolute atomic E-state index is 0.174. The normalized spacial score (nSPS) is 16.6. The molecule has 2 aromatic rings. The molecule has 2 N–H and O–H groups in total. The van der Waals surface area contributed by atoms with Crippen LogP contribution in [-0.2, 0) is 5.54 Å². The topological polar surface area (TPSA) is 35.5 Å². The molecule has 1 saturated heterocycles. The van der Waals surface area contributed by atoms with Crippen LogP contribution in [0, 0.1) is 0 Å². The van der Waals surface area contributed by atoms with Crippen LogP contribution in [0.2, 0.25) is 0 Å². The largest absolute Gasteiger partial charge is 0.396 e. The first kappa shape index (κ1) is 15.2. The molecule has 1 heterocycles. The Morgan fingerprint density at radius 2 is 1.36 bits per heavy atom. The number of benzene rings is 2. The Kier molecular flexibility index (Phi) is 4.88. The van der Waals surface area contributed by atoms with E-state index in [0.717, 1.165) is 26.2 Å². The number of nitrogens with one attached hydrogen (secondary N) is 1. The van der Waals surface area contributed by atoms with Crippen molar-refractivity contribution < 1.29 is 5.11 Å². The molecular formula is C19H24N2O. The van der Waals surface area contributed by atoms with Crippen LogP contribution in [0.1, 0.15) is 17.5 Å². The fraction of sp³-hybridized carbons (Fsp3) is 0.368. The Morgan fingerprint density at radius 1 is 0.864 bits per heavy atom. The minimum atomic E-state index is -0.251. The summed E-state index contributed by atoms with van der Waals surface area (Å²) in [5, 5.41) is 13.2. The Balaban J connectivity index is 2.13. The van der Waals surface area contributed by atoms with Gasteiger partial charge in [-0.1, -0.05) is 60.7 Å². The van der Waals surface area contributed by atoms with E-state index < -0.39 is 0 Å². The van der Waals surface area contributed by atoms with Crippen molar-refractivity contribution >= 4 is 0 Å². The molecule has 1 aliphatic heterocycles. The average Bonchev–Trinajstić information content (AvgIpc) is 2.62. The number of aliphatic hydroxyl groups is 1. The lowest BCUT2D eigenvalue weighted by Gasteiger charge is -2.47. The van der Waals surface area contributed by atoms with Gasteiger partial charge < -0.3 is 10.4 Å². The molecule has 0 atom stereocenters. The molecule has 0 aliphatic carbocycles. The summed E-state index contributed by atoms with van der Waals surface area (Å²) in [5.74, 6) is 0. The summed E-state index contributed by atoms with van der Waals surface area (Å²) in [5.41, 5.74) is 2.27. The maximum atomic E-state index is 9.81. The standard InChI is InChI=1S/C19H24N2O/c22-16-11-19(17-7-3-1-4-8-17,18-9-5-2-6-10-18)21-14-12-20-13-15-21/h1-10,20,22H,11-16H2. The van der Waals surface area contributed by atoms with Gasteiger partial charge >= 0.3 is 0 Å². The monoisotopic (exact) mass is 296 g/mol. The molecule has 3 heteroatoms. The lowest BCUT2D eigenvalue weighted by atomic mass is 9.78. The van der Waals surface area contributed by atoms with Gasteiger partial charge in [-0.05, 0) is 17.5 Å². The second-order valence-corrected chi connectivity index (χ2v) is 5.80. The first-order chi connectivity index (χ1) is 10.9. The molecule has 3 rings (SSSR count). The van der Waals surface area contributed by atoms with Crippen molar-refractivity contribution in [3.05, 3.63) is 71.8 Å². The van der Waals surface area contributed by atoms with Gasteiger partial charge in [-0.3, -0.25) is 4.90 Å². The fourth-order valence-corrected chi connectivity index (χ4v) is 3.61. The smallest absolute Gasteiger partial charge is 0.0738 e. The summed E-state index contributed by atoms with van der Waals surface area (Å²) in [6.45, 7) is 4.14. The van der Waals surface area contributed by atoms with Gasteiger partial charge in [-0.2, -0.15) is 0 Å². The van der Waals surface area contributed by atoms with Gasteiger partial charge in [0.05, 0.1) is 5.54 Å². The molecule has 0 aromatic heterocycles. The number of piperazine rings is 1. The molecule has 0 saturated carbocycles. The Morgan fingerprint density at radius 3 is 1.82 bits per heavy atom. The molecular weight excluding hydrogens is 272 g/mol. The molecule has 0 spiro atoms. The summed E-state index contributed by atoms with van der Waals surface area (Å²) >= 11 is 0. The van der Waals surface area contributed by atoms with Gasteiger partial charge in [0.1, 0.15) is 0 Å². The van der Waals surface area contributed by atoms with E-state index in [2.05, 4.69) is 70.9 Å². The van der Waals surface area contributed by atoms with Crippen LogP contribution < -0.4 is 5.32 Å². The summed E-state index contributed by atoms with van der Waals surface area (Å²) < 4.78 is 0. The molecule has 0 amide bonds. The highest BCUT2D eigenvalue weighted by molar-refractivity contribution is 5.39. The highest BCUT2D eigenvalue weighted by Crippen LogP contribution is 2.39. The van der Waals surface area contributed by atoms with Gasteiger partial charge in [-0.15, -0.1) is 0 Å². The van der Waals surface area contributed by atoms with E-state index in [4.69, 9.17) is 0 Å². The molecule has 0 radical (unpaired) electrons. The molecule has 1 aliphatic rings. The number of rotatable bonds is 5. The summed E-state index contributed by atoms with van der Waals surface area (Å²) in [4.78, 5) is 2.52. The van der Waals surface area contributed by atoms with Crippen molar-refractivity contribution in [1.29, 1.82) is 0 Å². The molecule has 3 nitrogen and oxygen atoms in total. The highest BCUT2D eigenvalue weighted by Gasteiger charge is 2.40. The van der Waals surface area contributed by atoms with E-state index in [1.807, 2.05) is 0 Å². The van der Waals surface area contributed by atoms with E-state index >= 15 is 0 Å². The fourth-order valence-electron chi connectivity index (χ4n) is 3.61. The third kappa shape index (κ3) is 2.80. The zero-order valence-electron chi connectivity index (χ0n) is 12.9. The van der Waals surface area contributed by atoms with Crippen molar-refractivity contribution in [2.24, 2.45) is 0 Å². The number of aliphatic hydroxyl groups excluding tert-OH is 1. The molecule has 22 heavy (non-hydrogen) atoms. The van der Waals surface area contributed by atoms with Crippen LogP contribution in [0.4, 0.5) is 0 Å². The first-order valence-corrected chi connectivity index (χ1v) is 8.05. The van der Waals surface area contributed by atoms with Gasteiger partial charge in [0.2, 0.25) is 0 Å². The van der Waals surface area contributed by atoms with Crippen LogP contribution >= 0.6 is 0 Å². The summed E-state index contributed by atoms with van der Waals surface area (Å²) in [6, 6.07) is 21.2. The zero-order valence-corrected chi connectivity index (χ0v) is 12.9. The van der Waals surface area contributed by atoms with Crippen LogP contribution in [0.15, 0.2) is 60.7 Å².